The third kappa shape index (κ3) is 7.03. The van der Waals surface area contributed by atoms with Gasteiger partial charge in [0.05, 0.1) is 13.2 Å². The van der Waals surface area contributed by atoms with Crippen molar-refractivity contribution in [1.29, 1.82) is 0 Å². The van der Waals surface area contributed by atoms with Crippen LogP contribution in [0, 0.1) is 0 Å². The Balaban J connectivity index is 1.61. The summed E-state index contributed by atoms with van der Waals surface area (Å²) in [6.07, 6.45) is 1.91. The molecule has 0 aromatic heterocycles. The fourth-order valence-corrected chi connectivity index (χ4v) is 3.52. The first-order chi connectivity index (χ1) is 14.1. The average molecular weight is 416 g/mol. The van der Waals surface area contributed by atoms with Crippen molar-refractivity contribution in [2.75, 3.05) is 44.7 Å². The van der Waals surface area contributed by atoms with Gasteiger partial charge >= 0.3 is 6.03 Å². The Kier molecular flexibility index (Phi) is 8.35. The van der Waals surface area contributed by atoms with Crippen molar-refractivity contribution in [2.24, 2.45) is 0 Å². The van der Waals surface area contributed by atoms with E-state index in [-0.39, 0.29) is 6.03 Å². The maximum atomic E-state index is 13.0. The minimum atomic E-state index is -0.0776. The standard InChI is InChI=1S/C23H30ClN3O2/c1-2-19-6-10-22(11-7-19)25-23(28)27(18-20-4-8-21(24)9-5-20)13-3-12-26-14-16-29-17-15-26/h4-11H,2-3,12-18H2,1H3,(H,25,28). The zero-order chi connectivity index (χ0) is 20.5. The number of amides is 2. The fraction of sp³-hybridized carbons (Fsp3) is 0.435. The Bertz CT molecular complexity index is 759. The summed E-state index contributed by atoms with van der Waals surface area (Å²) in [7, 11) is 0. The van der Waals surface area contributed by atoms with Crippen LogP contribution in [0.2, 0.25) is 5.02 Å². The number of morpholine rings is 1. The predicted octanol–water partition coefficient (Wildman–Crippen LogP) is 4.66. The lowest BCUT2D eigenvalue weighted by Crippen LogP contribution is -2.40. The SMILES string of the molecule is CCc1ccc(NC(=O)N(CCCN2CCOCC2)Cc2ccc(Cl)cc2)cc1. The largest absolute Gasteiger partial charge is 0.379 e. The van der Waals surface area contributed by atoms with E-state index in [0.717, 1.165) is 56.9 Å². The molecule has 5 nitrogen and oxygen atoms in total. The minimum Gasteiger partial charge on any atom is -0.379 e. The van der Waals surface area contributed by atoms with E-state index < -0.39 is 0 Å². The number of ether oxygens (including phenoxy) is 1. The Hall–Kier alpha value is -2.08. The van der Waals surface area contributed by atoms with Gasteiger partial charge in [0.2, 0.25) is 0 Å². The van der Waals surface area contributed by atoms with Crippen molar-refractivity contribution in [1.82, 2.24) is 9.80 Å². The van der Waals surface area contributed by atoms with Crippen LogP contribution in [-0.4, -0.2) is 55.2 Å². The summed E-state index contributed by atoms with van der Waals surface area (Å²) in [5, 5.41) is 3.74. The number of benzene rings is 2. The molecule has 1 aliphatic heterocycles. The highest BCUT2D eigenvalue weighted by Gasteiger charge is 2.16. The van der Waals surface area contributed by atoms with E-state index in [1.54, 1.807) is 0 Å². The lowest BCUT2D eigenvalue weighted by Gasteiger charge is -2.28. The van der Waals surface area contributed by atoms with Crippen LogP contribution < -0.4 is 5.32 Å². The number of anilines is 1. The first-order valence-electron chi connectivity index (χ1n) is 10.3. The molecule has 1 aliphatic rings. The molecular formula is C23H30ClN3O2. The second-order valence-electron chi connectivity index (χ2n) is 7.34. The molecule has 1 fully saturated rings. The number of carbonyl (C=O) groups excluding carboxylic acids is 1. The molecule has 2 aromatic rings. The van der Waals surface area contributed by atoms with Crippen LogP contribution in [0.1, 0.15) is 24.5 Å². The second-order valence-corrected chi connectivity index (χ2v) is 7.77. The summed E-state index contributed by atoms with van der Waals surface area (Å²) < 4.78 is 5.41. The third-order valence-corrected chi connectivity index (χ3v) is 5.45. The number of rotatable bonds is 8. The lowest BCUT2D eigenvalue weighted by atomic mass is 10.1. The number of nitrogens with one attached hydrogen (secondary N) is 1. The molecule has 1 N–H and O–H groups in total. The molecule has 1 saturated heterocycles. The number of carbonyl (C=O) groups is 1. The normalized spacial score (nSPS) is 14.6. The number of hydrogen-bond donors (Lipinski definition) is 1. The molecule has 0 spiro atoms. The molecule has 0 radical (unpaired) electrons. The van der Waals surface area contributed by atoms with Gasteiger partial charge < -0.3 is 15.0 Å². The Morgan fingerprint density at radius 3 is 2.38 bits per heavy atom. The van der Waals surface area contributed by atoms with Crippen molar-refractivity contribution in [3.63, 3.8) is 0 Å². The quantitative estimate of drug-likeness (QED) is 0.682. The van der Waals surface area contributed by atoms with E-state index in [4.69, 9.17) is 16.3 Å². The topological polar surface area (TPSA) is 44.8 Å². The Morgan fingerprint density at radius 1 is 1.07 bits per heavy atom. The highest BCUT2D eigenvalue weighted by Crippen LogP contribution is 2.15. The molecule has 0 atom stereocenters. The van der Waals surface area contributed by atoms with E-state index in [1.807, 2.05) is 41.3 Å². The van der Waals surface area contributed by atoms with E-state index in [2.05, 4.69) is 29.3 Å². The van der Waals surface area contributed by atoms with Gasteiger partial charge in [0, 0.05) is 43.4 Å². The van der Waals surface area contributed by atoms with Gasteiger partial charge in [0.1, 0.15) is 0 Å². The Labute approximate surface area is 178 Å². The van der Waals surface area contributed by atoms with E-state index >= 15 is 0 Å². The van der Waals surface area contributed by atoms with Crippen LogP contribution in [0.5, 0.6) is 0 Å². The maximum Gasteiger partial charge on any atom is 0.322 e. The summed E-state index contributed by atoms with van der Waals surface area (Å²) in [6, 6.07) is 15.6. The summed E-state index contributed by atoms with van der Waals surface area (Å²) in [6.45, 7) is 7.86. The maximum absolute atomic E-state index is 13.0. The number of halogens is 1. The predicted molar refractivity (Wildman–Crippen MR) is 119 cm³/mol. The highest BCUT2D eigenvalue weighted by molar-refractivity contribution is 6.30. The molecule has 0 unspecified atom stereocenters. The van der Waals surface area contributed by atoms with Crippen LogP contribution >= 0.6 is 11.6 Å². The van der Waals surface area contributed by atoms with Gasteiger partial charge in [-0.25, -0.2) is 4.79 Å². The van der Waals surface area contributed by atoms with Crippen LogP contribution in [0.15, 0.2) is 48.5 Å². The van der Waals surface area contributed by atoms with Crippen LogP contribution in [0.4, 0.5) is 10.5 Å². The fourth-order valence-electron chi connectivity index (χ4n) is 3.40. The van der Waals surface area contributed by atoms with Crippen molar-refractivity contribution in [3.8, 4) is 0 Å². The van der Waals surface area contributed by atoms with E-state index in [0.29, 0.717) is 18.1 Å². The van der Waals surface area contributed by atoms with Crippen molar-refractivity contribution in [2.45, 2.75) is 26.3 Å². The molecular weight excluding hydrogens is 386 g/mol. The van der Waals surface area contributed by atoms with Crippen LogP contribution in [-0.2, 0) is 17.7 Å². The van der Waals surface area contributed by atoms with Crippen LogP contribution in [0.25, 0.3) is 0 Å². The molecule has 1 heterocycles. The number of urea groups is 1. The zero-order valence-electron chi connectivity index (χ0n) is 17.1. The number of hydrogen-bond acceptors (Lipinski definition) is 3. The summed E-state index contributed by atoms with van der Waals surface area (Å²) in [4.78, 5) is 17.2. The van der Waals surface area contributed by atoms with Crippen molar-refractivity contribution in [3.05, 3.63) is 64.7 Å². The number of aryl methyl sites for hydroxylation is 1. The van der Waals surface area contributed by atoms with Gasteiger partial charge in [-0.05, 0) is 48.2 Å². The highest BCUT2D eigenvalue weighted by atomic mass is 35.5. The monoisotopic (exact) mass is 415 g/mol. The van der Waals surface area contributed by atoms with Crippen molar-refractivity contribution < 1.29 is 9.53 Å². The van der Waals surface area contributed by atoms with Gasteiger partial charge in [0.25, 0.3) is 0 Å². The van der Waals surface area contributed by atoms with Gasteiger partial charge in [-0.2, -0.15) is 0 Å². The summed E-state index contributed by atoms with van der Waals surface area (Å²) in [5.74, 6) is 0. The van der Waals surface area contributed by atoms with E-state index in [9.17, 15) is 4.79 Å². The summed E-state index contributed by atoms with van der Waals surface area (Å²) >= 11 is 6.00. The molecule has 0 saturated carbocycles. The summed E-state index contributed by atoms with van der Waals surface area (Å²) in [5.41, 5.74) is 3.14. The minimum absolute atomic E-state index is 0.0776. The Morgan fingerprint density at radius 2 is 1.72 bits per heavy atom. The molecule has 3 rings (SSSR count). The van der Waals surface area contributed by atoms with Crippen LogP contribution in [0.3, 0.4) is 0 Å². The molecule has 29 heavy (non-hydrogen) atoms. The molecule has 0 bridgehead atoms. The van der Waals surface area contributed by atoms with Gasteiger partial charge in [0.15, 0.2) is 0 Å². The van der Waals surface area contributed by atoms with E-state index in [1.165, 1.54) is 5.56 Å². The smallest absolute Gasteiger partial charge is 0.322 e. The average Bonchev–Trinajstić information content (AvgIpc) is 2.75. The molecule has 2 amide bonds. The number of nitrogens with zero attached hydrogens (tertiary/aromatic N) is 2. The first kappa shape index (κ1) is 21.6. The first-order valence-corrected chi connectivity index (χ1v) is 10.7. The third-order valence-electron chi connectivity index (χ3n) is 5.19. The molecule has 6 heteroatoms. The van der Waals surface area contributed by atoms with Gasteiger partial charge in [-0.15, -0.1) is 0 Å². The van der Waals surface area contributed by atoms with Gasteiger partial charge in [-0.1, -0.05) is 42.8 Å². The van der Waals surface area contributed by atoms with Crippen molar-refractivity contribution >= 4 is 23.3 Å². The molecule has 156 valence electrons. The molecule has 0 aliphatic carbocycles. The zero-order valence-corrected chi connectivity index (χ0v) is 17.8. The van der Waals surface area contributed by atoms with Gasteiger partial charge in [-0.3, -0.25) is 4.90 Å². The second kappa shape index (κ2) is 11.2. The lowest BCUT2D eigenvalue weighted by molar-refractivity contribution is 0.0365. The molecule has 2 aromatic carbocycles.